The van der Waals surface area contributed by atoms with Crippen LogP contribution in [0.3, 0.4) is 0 Å². The zero-order chi connectivity index (χ0) is 30.0. The Bertz CT molecular complexity index is 2220. The Morgan fingerprint density at radius 1 is 0.489 bits per heavy atom. The van der Waals surface area contributed by atoms with E-state index in [4.69, 9.17) is 0 Å². The summed E-state index contributed by atoms with van der Waals surface area (Å²) in [7, 11) is 0. The molecule has 0 unspecified atom stereocenters. The van der Waals surface area contributed by atoms with Crippen molar-refractivity contribution < 1.29 is 0 Å². The predicted molar refractivity (Wildman–Crippen MR) is 189 cm³/mol. The van der Waals surface area contributed by atoms with E-state index < -0.39 is 0 Å². The molecule has 0 saturated carbocycles. The van der Waals surface area contributed by atoms with Crippen molar-refractivity contribution in [3.63, 3.8) is 0 Å². The fourth-order valence-electron chi connectivity index (χ4n) is 7.10. The monoisotopic (exact) mass is 574 g/mol. The maximum atomic E-state index is 2.49. The van der Waals surface area contributed by atoms with Gasteiger partial charge in [0.15, 0.2) is 0 Å². The molecule has 0 atom stereocenters. The van der Waals surface area contributed by atoms with Crippen LogP contribution < -0.4 is 10.4 Å². The van der Waals surface area contributed by atoms with Gasteiger partial charge in [-0.05, 0) is 96.4 Å². The van der Waals surface area contributed by atoms with Crippen LogP contribution in [0.2, 0.25) is 0 Å². The van der Waals surface area contributed by atoms with Crippen LogP contribution in [0.25, 0.3) is 33.9 Å². The van der Waals surface area contributed by atoms with Gasteiger partial charge in [-0.1, -0.05) is 163 Å². The maximum absolute atomic E-state index is 2.49. The summed E-state index contributed by atoms with van der Waals surface area (Å²) in [5, 5.41) is 5.32. The number of rotatable bonds is 7. The first-order chi connectivity index (χ1) is 22.3. The minimum Gasteiger partial charge on any atom is -0.0732 e. The second kappa shape index (κ2) is 11.9. The molecule has 0 heteroatoms. The first-order valence-electron chi connectivity index (χ1n) is 15.9. The molecular formula is C45H34. The van der Waals surface area contributed by atoms with E-state index in [2.05, 4.69) is 176 Å². The van der Waals surface area contributed by atoms with E-state index in [1.807, 2.05) is 0 Å². The third kappa shape index (κ3) is 5.30. The highest BCUT2D eigenvalue weighted by Crippen LogP contribution is 2.32. The number of hydrogen-bond acceptors (Lipinski definition) is 0. The molecule has 0 bridgehead atoms. The van der Waals surface area contributed by atoms with Crippen molar-refractivity contribution >= 4 is 11.6 Å². The van der Waals surface area contributed by atoms with E-state index in [1.54, 1.807) is 0 Å². The number of fused-ring (bicyclic) bond motifs is 2. The predicted octanol–water partition coefficient (Wildman–Crippen LogP) is 9.30. The molecular weight excluding hydrogens is 540 g/mol. The maximum Gasteiger partial charge on any atom is 0.0217 e. The lowest BCUT2D eigenvalue weighted by molar-refractivity contribution is 1.05. The van der Waals surface area contributed by atoms with Gasteiger partial charge in [-0.3, -0.25) is 0 Å². The van der Waals surface area contributed by atoms with Crippen LogP contribution in [-0.4, -0.2) is 0 Å². The molecule has 0 radical (unpaired) electrons. The SMILES string of the molecule is C1=CC(c2c3c(cc(-c4ccccc4)c2=C(Cc2ccccc2)Cc2ccccc2)=c2cc(-c4ccccc4)ccc2=C3)C=C1. The van der Waals surface area contributed by atoms with Gasteiger partial charge in [0.25, 0.3) is 0 Å². The topological polar surface area (TPSA) is 0 Å². The molecule has 214 valence electrons. The highest BCUT2D eigenvalue weighted by atomic mass is 14.3. The van der Waals surface area contributed by atoms with Gasteiger partial charge in [0, 0.05) is 5.92 Å². The molecule has 0 saturated heterocycles. The second-order valence-electron chi connectivity index (χ2n) is 12.1. The van der Waals surface area contributed by atoms with Crippen molar-refractivity contribution in [1.82, 2.24) is 0 Å². The van der Waals surface area contributed by atoms with Crippen molar-refractivity contribution in [3.8, 4) is 22.3 Å². The number of allylic oxidation sites excluding steroid dienone is 4. The van der Waals surface area contributed by atoms with E-state index >= 15 is 0 Å². The third-order valence-corrected chi connectivity index (χ3v) is 9.20. The molecule has 0 spiro atoms. The highest BCUT2D eigenvalue weighted by molar-refractivity contribution is 5.77. The van der Waals surface area contributed by atoms with E-state index in [9.17, 15) is 0 Å². The molecule has 6 aromatic rings. The lowest BCUT2D eigenvalue weighted by atomic mass is 9.83. The lowest BCUT2D eigenvalue weighted by Gasteiger charge is -2.20. The van der Waals surface area contributed by atoms with Gasteiger partial charge < -0.3 is 0 Å². The largest absolute Gasteiger partial charge is 0.0732 e. The Hall–Kier alpha value is -5.46. The van der Waals surface area contributed by atoms with Crippen LogP contribution in [-0.2, 0) is 12.8 Å². The van der Waals surface area contributed by atoms with Gasteiger partial charge in [0.1, 0.15) is 0 Å². The van der Waals surface area contributed by atoms with Gasteiger partial charge in [-0.15, -0.1) is 0 Å². The summed E-state index contributed by atoms with van der Waals surface area (Å²) in [4.78, 5) is 0. The summed E-state index contributed by atoms with van der Waals surface area (Å²) >= 11 is 0. The summed E-state index contributed by atoms with van der Waals surface area (Å²) in [6.45, 7) is 0. The Labute approximate surface area is 265 Å². The molecule has 6 aromatic carbocycles. The smallest absolute Gasteiger partial charge is 0.0217 e. The van der Waals surface area contributed by atoms with E-state index in [0.29, 0.717) is 0 Å². The Morgan fingerprint density at radius 3 is 1.64 bits per heavy atom. The molecule has 0 N–H and O–H groups in total. The van der Waals surface area contributed by atoms with Crippen molar-refractivity contribution in [2.24, 2.45) is 0 Å². The number of hydrogen-bond donors (Lipinski definition) is 0. The average molecular weight is 575 g/mol. The van der Waals surface area contributed by atoms with E-state index in [-0.39, 0.29) is 5.92 Å². The van der Waals surface area contributed by atoms with Crippen LogP contribution in [0.1, 0.15) is 28.2 Å². The van der Waals surface area contributed by atoms with E-state index in [1.165, 1.54) is 71.0 Å². The molecule has 2 aliphatic carbocycles. The highest BCUT2D eigenvalue weighted by Gasteiger charge is 2.22. The molecule has 2 aliphatic rings. The fraction of sp³-hybridized carbons (Fsp3) is 0.0667. The zero-order valence-corrected chi connectivity index (χ0v) is 25.2. The minimum atomic E-state index is 0.207. The molecule has 0 aliphatic heterocycles. The Kier molecular flexibility index (Phi) is 7.17. The van der Waals surface area contributed by atoms with Gasteiger partial charge in [0.2, 0.25) is 0 Å². The van der Waals surface area contributed by atoms with Crippen molar-refractivity contribution in [2.75, 3.05) is 0 Å². The first kappa shape index (κ1) is 27.1. The zero-order valence-electron chi connectivity index (χ0n) is 25.2. The van der Waals surface area contributed by atoms with Crippen LogP contribution in [0.15, 0.2) is 170 Å². The van der Waals surface area contributed by atoms with Crippen LogP contribution in [0.5, 0.6) is 0 Å². The van der Waals surface area contributed by atoms with Crippen LogP contribution in [0, 0.1) is 10.4 Å². The van der Waals surface area contributed by atoms with Crippen molar-refractivity contribution in [3.05, 3.63) is 213 Å². The molecule has 0 nitrogen and oxygen atoms in total. The molecule has 0 fully saturated rings. The summed E-state index contributed by atoms with van der Waals surface area (Å²) in [6, 6.07) is 53.1. The Balaban J connectivity index is 1.52. The van der Waals surface area contributed by atoms with E-state index in [0.717, 1.165) is 12.8 Å². The van der Waals surface area contributed by atoms with Crippen molar-refractivity contribution in [1.29, 1.82) is 0 Å². The number of benzene rings is 6. The normalized spacial score (nSPS) is 13.0. The van der Waals surface area contributed by atoms with Gasteiger partial charge in [-0.2, -0.15) is 0 Å². The average Bonchev–Trinajstić information content (AvgIpc) is 3.77. The quantitative estimate of drug-likeness (QED) is 0.178. The molecule has 0 heterocycles. The standard InChI is InChI=1S/C45H34/c1-5-15-32(16-6-1)27-39(28-33-17-7-2-8-18-33)45-41(35-21-11-4-12-22-35)31-42-40-29-37(34-19-9-3-10-20-34)25-26-38(40)30-43(42)44(45)36-23-13-14-24-36/h1-26,29-31,36H,27-28H2. The van der Waals surface area contributed by atoms with Gasteiger partial charge in [-0.25, -0.2) is 0 Å². The summed E-state index contributed by atoms with van der Waals surface area (Å²) < 4.78 is 0. The molecule has 0 amide bonds. The second-order valence-corrected chi connectivity index (χ2v) is 12.1. The van der Waals surface area contributed by atoms with Crippen molar-refractivity contribution in [2.45, 2.75) is 18.8 Å². The lowest BCUT2D eigenvalue weighted by Crippen LogP contribution is -2.22. The minimum absolute atomic E-state index is 0.207. The molecule has 45 heavy (non-hydrogen) atoms. The Morgan fingerprint density at radius 2 is 1.04 bits per heavy atom. The summed E-state index contributed by atoms with van der Waals surface area (Å²) in [5.74, 6) is 0.207. The first-order valence-corrected chi connectivity index (χ1v) is 15.9. The van der Waals surface area contributed by atoms with Gasteiger partial charge in [0.05, 0.1) is 0 Å². The van der Waals surface area contributed by atoms with Crippen LogP contribution in [0.4, 0.5) is 0 Å². The molecule has 0 aromatic heterocycles. The summed E-state index contributed by atoms with van der Waals surface area (Å²) in [5.41, 5.74) is 12.0. The van der Waals surface area contributed by atoms with Crippen LogP contribution >= 0.6 is 0 Å². The summed E-state index contributed by atoms with van der Waals surface area (Å²) in [6.07, 6.45) is 13.4. The fourth-order valence-corrected chi connectivity index (χ4v) is 7.10. The van der Waals surface area contributed by atoms with Gasteiger partial charge >= 0.3 is 0 Å². The third-order valence-electron chi connectivity index (χ3n) is 9.20. The molecule has 8 rings (SSSR count).